The van der Waals surface area contributed by atoms with Crippen molar-refractivity contribution in [3.8, 4) is 0 Å². The van der Waals surface area contributed by atoms with E-state index in [4.69, 9.17) is 5.73 Å². The summed E-state index contributed by atoms with van der Waals surface area (Å²) in [6, 6.07) is 4.05. The molecule has 2 rings (SSSR count). The van der Waals surface area contributed by atoms with E-state index in [-0.39, 0.29) is 17.5 Å². The summed E-state index contributed by atoms with van der Waals surface area (Å²) >= 11 is 0. The van der Waals surface area contributed by atoms with Gasteiger partial charge in [-0.25, -0.2) is 8.78 Å². The first-order valence-electron chi connectivity index (χ1n) is 7.17. The Kier molecular flexibility index (Phi) is 5.55. The highest BCUT2D eigenvalue weighted by Gasteiger charge is 2.22. The highest BCUT2D eigenvalue weighted by molar-refractivity contribution is 5.97. The van der Waals surface area contributed by atoms with E-state index in [9.17, 15) is 32.9 Å². The molecule has 0 heterocycles. The van der Waals surface area contributed by atoms with Crippen LogP contribution in [0.3, 0.4) is 0 Å². The second kappa shape index (κ2) is 7.64. The van der Waals surface area contributed by atoms with Crippen LogP contribution in [0, 0.1) is 27.6 Å². The fourth-order valence-corrected chi connectivity index (χ4v) is 2.16. The topological polar surface area (TPSA) is 115 Å². The van der Waals surface area contributed by atoms with Gasteiger partial charge in [-0.3, -0.25) is 19.7 Å². The third kappa shape index (κ3) is 4.35. The first-order valence-corrected chi connectivity index (χ1v) is 7.17. The van der Waals surface area contributed by atoms with Crippen molar-refractivity contribution in [3.63, 3.8) is 0 Å². The molecule has 2 amide bonds. The molecule has 0 spiro atoms. The summed E-state index contributed by atoms with van der Waals surface area (Å²) < 4.78 is 39.5. The summed E-state index contributed by atoms with van der Waals surface area (Å²) in [6.07, 6.45) is -0.258. The summed E-state index contributed by atoms with van der Waals surface area (Å²) in [5.41, 5.74) is 4.33. The molecule has 0 fully saturated rings. The molecule has 1 atom stereocenters. The third-order valence-corrected chi connectivity index (χ3v) is 3.48. The number of carbonyl (C=O) groups is 2. The second-order valence-corrected chi connectivity index (χ2v) is 5.30. The van der Waals surface area contributed by atoms with Crippen molar-refractivity contribution in [2.24, 2.45) is 5.73 Å². The molecule has 0 bridgehead atoms. The smallest absolute Gasteiger partial charge is 0.305 e. The van der Waals surface area contributed by atoms with Gasteiger partial charge in [0, 0.05) is 18.1 Å². The van der Waals surface area contributed by atoms with E-state index in [0.29, 0.717) is 6.07 Å². The lowest BCUT2D eigenvalue weighted by Crippen LogP contribution is -2.45. The summed E-state index contributed by atoms with van der Waals surface area (Å²) in [7, 11) is 0. The molecule has 7 nitrogen and oxygen atoms in total. The number of nitrogens with zero attached hydrogens (tertiary/aromatic N) is 1. The van der Waals surface area contributed by atoms with Gasteiger partial charge in [-0.05, 0) is 29.8 Å². The van der Waals surface area contributed by atoms with Crippen molar-refractivity contribution in [1.29, 1.82) is 0 Å². The number of amides is 2. The number of hydrogen-bond donors (Lipinski definition) is 2. The molecule has 0 aliphatic rings. The number of nitrogens with one attached hydrogen (secondary N) is 1. The minimum absolute atomic E-state index is 0.174. The van der Waals surface area contributed by atoms with E-state index >= 15 is 0 Å². The summed E-state index contributed by atoms with van der Waals surface area (Å²) in [4.78, 5) is 33.4. The Morgan fingerprint density at radius 1 is 1.08 bits per heavy atom. The maximum atomic E-state index is 13.3. The van der Waals surface area contributed by atoms with Crippen LogP contribution in [0.15, 0.2) is 36.4 Å². The van der Waals surface area contributed by atoms with E-state index in [1.54, 1.807) is 0 Å². The number of halogens is 3. The molecule has 0 aliphatic heterocycles. The number of carbonyl (C=O) groups excluding carboxylic acids is 2. The second-order valence-electron chi connectivity index (χ2n) is 5.30. The van der Waals surface area contributed by atoms with Crippen LogP contribution in [0.25, 0.3) is 0 Å². The number of nitro groups is 1. The van der Waals surface area contributed by atoms with E-state index in [1.165, 1.54) is 6.07 Å². The van der Waals surface area contributed by atoms with Crippen LogP contribution in [-0.4, -0.2) is 22.8 Å². The fourth-order valence-electron chi connectivity index (χ4n) is 2.16. The van der Waals surface area contributed by atoms with Gasteiger partial charge < -0.3 is 11.1 Å². The number of primary amides is 1. The first kappa shape index (κ1) is 18.9. The van der Waals surface area contributed by atoms with Gasteiger partial charge in [0.15, 0.2) is 11.6 Å². The van der Waals surface area contributed by atoms with Gasteiger partial charge in [-0.2, -0.15) is 4.39 Å². The predicted molar refractivity (Wildman–Crippen MR) is 83.6 cm³/mol. The fraction of sp³-hybridized carbons (Fsp3) is 0.125. The number of benzene rings is 2. The highest BCUT2D eigenvalue weighted by Crippen LogP contribution is 2.19. The van der Waals surface area contributed by atoms with Crippen molar-refractivity contribution in [2.75, 3.05) is 0 Å². The maximum Gasteiger partial charge on any atom is 0.305 e. The van der Waals surface area contributed by atoms with Crippen LogP contribution in [-0.2, 0) is 11.2 Å². The van der Waals surface area contributed by atoms with Crippen molar-refractivity contribution in [3.05, 3.63) is 75.1 Å². The Labute approximate surface area is 144 Å². The highest BCUT2D eigenvalue weighted by atomic mass is 19.2. The largest absolute Gasteiger partial charge is 0.368 e. The predicted octanol–water partition coefficient (Wildman–Crippen LogP) is 1.84. The minimum atomic E-state index is -1.30. The van der Waals surface area contributed by atoms with Crippen molar-refractivity contribution < 1.29 is 27.7 Å². The van der Waals surface area contributed by atoms with Gasteiger partial charge in [-0.1, -0.05) is 6.07 Å². The minimum Gasteiger partial charge on any atom is -0.368 e. The standard InChI is InChI=1S/C16H12F3N3O4/c17-10-4-2-9(7-12(10)19)16(24)21-13(15(20)23)5-8-1-3-11(18)14(6-8)22(25)26/h1-4,6-7,13H,5H2,(H2,20,23)(H,21,24)/t13-/m1/s1. The van der Waals surface area contributed by atoms with Gasteiger partial charge in [0.1, 0.15) is 6.04 Å². The van der Waals surface area contributed by atoms with Gasteiger partial charge in [-0.15, -0.1) is 0 Å². The zero-order valence-electron chi connectivity index (χ0n) is 13.0. The average Bonchev–Trinajstić information content (AvgIpc) is 2.57. The lowest BCUT2D eigenvalue weighted by molar-refractivity contribution is -0.387. The number of nitro benzene ring substituents is 1. The molecule has 0 aliphatic carbocycles. The summed E-state index contributed by atoms with van der Waals surface area (Å²) in [6.45, 7) is 0. The molecule has 136 valence electrons. The zero-order chi connectivity index (χ0) is 19.4. The SMILES string of the molecule is NC(=O)[C@@H](Cc1ccc(F)c([N+](=O)[O-])c1)NC(=O)c1ccc(F)c(F)c1. The lowest BCUT2D eigenvalue weighted by atomic mass is 10.0. The molecule has 26 heavy (non-hydrogen) atoms. The summed E-state index contributed by atoms with van der Waals surface area (Å²) in [5, 5.41) is 13.0. The van der Waals surface area contributed by atoms with Crippen LogP contribution in [0.1, 0.15) is 15.9 Å². The Morgan fingerprint density at radius 3 is 2.31 bits per heavy atom. The van der Waals surface area contributed by atoms with Crippen LogP contribution >= 0.6 is 0 Å². The van der Waals surface area contributed by atoms with E-state index in [2.05, 4.69) is 5.32 Å². The maximum absolute atomic E-state index is 13.3. The Morgan fingerprint density at radius 2 is 1.73 bits per heavy atom. The zero-order valence-corrected chi connectivity index (χ0v) is 13.0. The molecule has 0 radical (unpaired) electrons. The van der Waals surface area contributed by atoms with E-state index in [0.717, 1.165) is 24.3 Å². The van der Waals surface area contributed by atoms with Crippen molar-refractivity contribution >= 4 is 17.5 Å². The molecule has 3 N–H and O–H groups in total. The molecular formula is C16H12F3N3O4. The number of nitrogens with two attached hydrogens (primary N) is 1. The molecular weight excluding hydrogens is 355 g/mol. The normalized spacial score (nSPS) is 11.7. The summed E-state index contributed by atoms with van der Waals surface area (Å²) in [5.74, 6) is -5.31. The van der Waals surface area contributed by atoms with Gasteiger partial charge in [0.05, 0.1) is 4.92 Å². The van der Waals surface area contributed by atoms with Crippen LogP contribution in [0.4, 0.5) is 18.9 Å². The molecule has 0 aromatic heterocycles. The molecule has 2 aromatic carbocycles. The monoisotopic (exact) mass is 367 g/mol. The molecule has 0 saturated heterocycles. The van der Waals surface area contributed by atoms with Gasteiger partial charge in [0.25, 0.3) is 5.91 Å². The van der Waals surface area contributed by atoms with Gasteiger partial charge in [0.2, 0.25) is 11.7 Å². The third-order valence-electron chi connectivity index (χ3n) is 3.48. The quantitative estimate of drug-likeness (QED) is 0.599. The van der Waals surface area contributed by atoms with E-state index in [1.807, 2.05) is 0 Å². The Balaban J connectivity index is 2.20. The van der Waals surface area contributed by atoms with Crippen molar-refractivity contribution in [2.45, 2.75) is 12.5 Å². The first-order chi connectivity index (χ1) is 12.2. The number of rotatable bonds is 6. The Hall–Kier alpha value is -3.43. The number of hydrogen-bond acceptors (Lipinski definition) is 4. The lowest BCUT2D eigenvalue weighted by Gasteiger charge is -2.16. The van der Waals surface area contributed by atoms with Gasteiger partial charge >= 0.3 is 5.69 Å². The molecule has 10 heteroatoms. The molecule has 2 aromatic rings. The molecule has 0 saturated carbocycles. The van der Waals surface area contributed by atoms with Crippen LogP contribution in [0.2, 0.25) is 0 Å². The van der Waals surface area contributed by atoms with Crippen molar-refractivity contribution in [1.82, 2.24) is 5.32 Å². The van der Waals surface area contributed by atoms with Crippen LogP contribution < -0.4 is 11.1 Å². The van der Waals surface area contributed by atoms with E-state index < -0.39 is 45.9 Å². The Bertz CT molecular complexity index is 889. The molecule has 0 unspecified atom stereocenters. The average molecular weight is 367 g/mol. The van der Waals surface area contributed by atoms with Crippen LogP contribution in [0.5, 0.6) is 0 Å².